The van der Waals surface area contributed by atoms with Gasteiger partial charge in [0.2, 0.25) is 0 Å². The van der Waals surface area contributed by atoms with Gasteiger partial charge in [0.15, 0.2) is 0 Å². The Morgan fingerprint density at radius 1 is 1.15 bits per heavy atom. The fourth-order valence-electron chi connectivity index (χ4n) is 4.56. The lowest BCUT2D eigenvalue weighted by Gasteiger charge is -2.15. The second-order valence-corrected chi connectivity index (χ2v) is 9.71. The molecule has 3 heterocycles. The van der Waals surface area contributed by atoms with E-state index >= 15 is 0 Å². The zero-order chi connectivity index (χ0) is 28.8. The van der Waals surface area contributed by atoms with E-state index in [1.807, 2.05) is 69.3 Å². The van der Waals surface area contributed by atoms with E-state index in [9.17, 15) is 4.39 Å². The predicted octanol–water partition coefficient (Wildman–Crippen LogP) is 5.58. The maximum atomic E-state index is 14.0. The fourth-order valence-corrected chi connectivity index (χ4v) is 4.56. The van der Waals surface area contributed by atoms with Gasteiger partial charge in [0.1, 0.15) is 11.5 Å². The van der Waals surface area contributed by atoms with Crippen LogP contribution in [0, 0.1) is 5.82 Å². The van der Waals surface area contributed by atoms with Gasteiger partial charge >= 0.3 is 0 Å². The Kier molecular flexibility index (Phi) is 8.76. The first-order valence-corrected chi connectivity index (χ1v) is 13.0. The maximum absolute atomic E-state index is 14.0. The number of hydrogen-bond acceptors (Lipinski definition) is 4. The summed E-state index contributed by atoms with van der Waals surface area (Å²) in [6.07, 6.45) is 13.3. The van der Waals surface area contributed by atoms with Gasteiger partial charge in [0.25, 0.3) is 0 Å². The van der Waals surface area contributed by atoms with Crippen molar-refractivity contribution in [1.82, 2.24) is 30.4 Å². The van der Waals surface area contributed by atoms with Crippen molar-refractivity contribution in [3.63, 3.8) is 0 Å². The quantitative estimate of drug-likeness (QED) is 0.232. The topological polar surface area (TPSA) is 72.6 Å². The summed E-state index contributed by atoms with van der Waals surface area (Å²) in [7, 11) is 3.99. The van der Waals surface area contributed by atoms with Gasteiger partial charge in [-0.3, -0.25) is 10.1 Å². The third kappa shape index (κ3) is 6.27. The molecule has 1 aromatic carbocycles. The van der Waals surface area contributed by atoms with Gasteiger partial charge in [-0.1, -0.05) is 44.0 Å². The van der Waals surface area contributed by atoms with Crippen LogP contribution in [0.3, 0.4) is 0 Å². The van der Waals surface area contributed by atoms with Gasteiger partial charge < -0.3 is 15.2 Å². The molecular weight excluding hydrogens is 499 g/mol. The summed E-state index contributed by atoms with van der Waals surface area (Å²) in [5.41, 5.74) is 7.44. The van der Waals surface area contributed by atoms with Gasteiger partial charge in [0.05, 0.1) is 22.8 Å². The Hall–Kier alpha value is -4.75. The fraction of sp³-hybridized carbons (Fsp3) is 0.152. The highest BCUT2D eigenvalue weighted by Gasteiger charge is 2.13. The van der Waals surface area contributed by atoms with Crippen molar-refractivity contribution in [2.45, 2.75) is 13.8 Å². The first-order chi connectivity index (χ1) is 19.2. The van der Waals surface area contributed by atoms with Crippen LogP contribution in [0.15, 0.2) is 103 Å². The molecule has 7 heteroatoms. The lowest BCUT2D eigenvalue weighted by atomic mass is 10.0. The van der Waals surface area contributed by atoms with Gasteiger partial charge in [-0.25, -0.2) is 4.39 Å². The molecule has 0 aliphatic carbocycles. The number of allylic oxidation sites excluding steroid dienone is 5. The first kappa shape index (κ1) is 28.3. The van der Waals surface area contributed by atoms with Crippen molar-refractivity contribution < 1.29 is 4.39 Å². The Labute approximate surface area is 234 Å². The predicted molar refractivity (Wildman–Crippen MR) is 165 cm³/mol. The largest absolute Gasteiger partial charge is 0.358 e. The number of aromatic amines is 2. The number of nitrogens with one attached hydrogen (secondary N) is 3. The van der Waals surface area contributed by atoms with Crippen LogP contribution in [0.2, 0.25) is 0 Å². The number of rotatable bonds is 10. The molecule has 204 valence electrons. The molecule has 4 rings (SSSR count). The molecule has 3 N–H and O–H groups in total. The number of hydrogen-bond donors (Lipinski definition) is 3. The average molecular weight is 535 g/mol. The van der Waals surface area contributed by atoms with Crippen molar-refractivity contribution in [1.29, 1.82) is 0 Å². The van der Waals surface area contributed by atoms with E-state index in [-0.39, 0.29) is 5.82 Å². The number of pyridine rings is 1. The number of nitrogens with zero attached hydrogens (tertiary/aromatic N) is 3. The normalized spacial score (nSPS) is 13.3. The molecule has 6 nitrogen and oxygen atoms in total. The van der Waals surface area contributed by atoms with E-state index in [1.54, 1.807) is 24.5 Å². The molecule has 3 aromatic heterocycles. The maximum Gasteiger partial charge on any atom is 0.123 e. The van der Waals surface area contributed by atoms with Crippen LogP contribution < -0.4 is 15.9 Å². The second kappa shape index (κ2) is 12.4. The molecule has 0 radical (unpaired) electrons. The summed E-state index contributed by atoms with van der Waals surface area (Å²) in [5, 5.41) is 13.8. The van der Waals surface area contributed by atoms with E-state index in [4.69, 9.17) is 0 Å². The van der Waals surface area contributed by atoms with E-state index in [0.717, 1.165) is 66.5 Å². The number of fused-ring (bicyclic) bond motifs is 1. The van der Waals surface area contributed by atoms with Crippen molar-refractivity contribution in [2.75, 3.05) is 20.6 Å². The molecule has 0 bridgehead atoms. The van der Waals surface area contributed by atoms with E-state index in [1.165, 1.54) is 12.1 Å². The molecule has 4 aromatic rings. The lowest BCUT2D eigenvalue weighted by molar-refractivity contribution is 0.438. The monoisotopic (exact) mass is 534 g/mol. The van der Waals surface area contributed by atoms with Crippen LogP contribution >= 0.6 is 0 Å². The van der Waals surface area contributed by atoms with E-state index in [0.29, 0.717) is 6.54 Å². The number of H-pyrrole nitrogens is 2. The number of likely N-dealkylation sites (N-methyl/N-ethyl adjacent to an activating group) is 1. The first-order valence-electron chi connectivity index (χ1n) is 13.0. The Balaban J connectivity index is 1.76. The number of benzene rings is 1. The third-order valence-corrected chi connectivity index (χ3v) is 6.42. The summed E-state index contributed by atoms with van der Waals surface area (Å²) in [5.74, 6) is -0.290. The zero-order valence-corrected chi connectivity index (χ0v) is 23.5. The Morgan fingerprint density at radius 3 is 2.62 bits per heavy atom. The Morgan fingerprint density at radius 2 is 1.95 bits per heavy atom. The standard InChI is InChI=1S/C33H35FN6/c1-8-23(16-26(9-2)36-22(5)20-40(6)7)21(4)14-28-30(10-3)38-39-33(28)31-17-27-29(18-35-19-32(27)37-31)24-12-11-13-25(34)15-24/h8-19,36-38H,2,4-5,20H2,1,3,6-7H3/b23-8+,26-16+,28-14+,30-10+. The van der Waals surface area contributed by atoms with Crippen LogP contribution in [0.25, 0.3) is 45.6 Å². The lowest BCUT2D eigenvalue weighted by Crippen LogP contribution is -2.24. The molecular formula is C33H35FN6. The van der Waals surface area contributed by atoms with Crippen molar-refractivity contribution in [3.8, 4) is 22.5 Å². The highest BCUT2D eigenvalue weighted by molar-refractivity contribution is 5.97. The van der Waals surface area contributed by atoms with E-state index < -0.39 is 0 Å². The van der Waals surface area contributed by atoms with Crippen molar-refractivity contribution in [2.24, 2.45) is 0 Å². The van der Waals surface area contributed by atoms with E-state index in [2.05, 4.69) is 45.2 Å². The molecule has 0 unspecified atom stereocenters. The molecule has 0 fully saturated rings. The van der Waals surface area contributed by atoms with Crippen molar-refractivity contribution >= 4 is 23.1 Å². The Bertz CT molecular complexity index is 1760. The van der Waals surface area contributed by atoms with Gasteiger partial charge in [-0.2, -0.15) is 5.10 Å². The minimum absolute atomic E-state index is 0.290. The molecule has 0 atom stereocenters. The van der Waals surface area contributed by atoms with Crippen LogP contribution in [0.4, 0.5) is 4.39 Å². The van der Waals surface area contributed by atoms with Crippen LogP contribution in [0.1, 0.15) is 13.8 Å². The smallest absolute Gasteiger partial charge is 0.123 e. The molecule has 0 spiro atoms. The molecule has 0 aliphatic heterocycles. The van der Waals surface area contributed by atoms with Gasteiger partial charge in [-0.15, -0.1) is 0 Å². The van der Waals surface area contributed by atoms with Gasteiger partial charge in [-0.05, 0) is 81.1 Å². The summed E-state index contributed by atoms with van der Waals surface area (Å²) in [6.45, 7) is 17.1. The van der Waals surface area contributed by atoms with Crippen molar-refractivity contribution in [3.05, 3.63) is 120 Å². The van der Waals surface area contributed by atoms with Gasteiger partial charge in [0, 0.05) is 40.3 Å². The average Bonchev–Trinajstić information content (AvgIpc) is 3.54. The minimum Gasteiger partial charge on any atom is -0.358 e. The highest BCUT2D eigenvalue weighted by atomic mass is 19.1. The molecule has 40 heavy (non-hydrogen) atoms. The highest BCUT2D eigenvalue weighted by Crippen LogP contribution is 2.30. The summed E-state index contributed by atoms with van der Waals surface area (Å²) < 4.78 is 14.0. The summed E-state index contributed by atoms with van der Waals surface area (Å²) in [6, 6.07) is 8.55. The third-order valence-electron chi connectivity index (χ3n) is 6.42. The number of halogens is 1. The minimum atomic E-state index is -0.290. The SMILES string of the molecule is C=C/C(=C\C(=C/C)C(=C)/C=c1/c(-c2cc3c(-c4cccc(F)c4)cncc3[nH]2)n[nH]/c1=C/C)NC(=C)CN(C)C. The summed E-state index contributed by atoms with van der Waals surface area (Å²) >= 11 is 0. The summed E-state index contributed by atoms with van der Waals surface area (Å²) in [4.78, 5) is 9.87. The molecule has 0 aliphatic rings. The second-order valence-electron chi connectivity index (χ2n) is 9.71. The molecule has 0 saturated heterocycles. The number of aromatic nitrogens is 4. The molecule has 0 saturated carbocycles. The molecule has 0 amide bonds. The van der Waals surface area contributed by atoms with Crippen LogP contribution in [-0.2, 0) is 0 Å². The van der Waals surface area contributed by atoms with Crippen LogP contribution in [-0.4, -0.2) is 45.7 Å². The van der Waals surface area contributed by atoms with Crippen LogP contribution in [0.5, 0.6) is 0 Å². The zero-order valence-electron chi connectivity index (χ0n) is 23.5.